The number of hydrogen-bond acceptors (Lipinski definition) is 3. The maximum Gasteiger partial charge on any atom is 0.459 e. The van der Waals surface area contributed by atoms with Gasteiger partial charge in [-0.05, 0) is 0 Å². The maximum atomic E-state index is 7.74. The zero-order chi connectivity index (χ0) is 4.99. The highest BCUT2D eigenvalue weighted by atomic mass is 14.4. The zero-order valence-corrected chi connectivity index (χ0v) is 3.05. The fraction of sp³-hybridized carbons (Fsp3) is 0. The molecule has 0 radical (unpaired) electrons. The predicted octanol–water partition coefficient (Wildman–Crippen LogP) is -0.938. The van der Waals surface area contributed by atoms with Gasteiger partial charge in [0.1, 0.15) is 0 Å². The first kappa shape index (κ1) is 5.00. The molecule has 0 aromatic rings. The van der Waals surface area contributed by atoms with Gasteiger partial charge in [-0.2, -0.15) is 0 Å². The van der Waals surface area contributed by atoms with E-state index in [2.05, 4.69) is 0 Å². The Morgan fingerprint density at radius 2 is 1.67 bits per heavy atom. The third-order valence-corrected chi connectivity index (χ3v) is 0.278. The second kappa shape index (κ2) is 2.25. The van der Waals surface area contributed by atoms with Crippen LogP contribution in [0, 0.1) is 22.5 Å². The lowest BCUT2D eigenvalue weighted by Crippen LogP contribution is -2.20. The average Bonchev–Trinajstić information content (AvgIpc) is 1.65. The van der Waals surface area contributed by atoms with Crippen molar-refractivity contribution < 1.29 is 0 Å². The summed E-state index contributed by atoms with van der Waals surface area (Å²) in [5.74, 6) is 3.06. The minimum absolute atomic E-state index is 0.954. The van der Waals surface area contributed by atoms with Crippen molar-refractivity contribution >= 4 is 6.85 Å². The van der Waals surface area contributed by atoms with Crippen LogP contribution in [0.15, 0.2) is 0 Å². The second-order valence-electron chi connectivity index (χ2n) is 0.736. The molecule has 0 aliphatic carbocycles. The molecule has 0 unspecified atom stereocenters. The Bertz CT molecular complexity index is 92.9. The molecule has 0 saturated carbocycles. The lowest BCUT2D eigenvalue weighted by molar-refractivity contribution is 1.53. The van der Waals surface area contributed by atoms with Crippen LogP contribution in [0.3, 0.4) is 0 Å². The Labute approximate surface area is 36.1 Å². The summed E-state index contributed by atoms with van der Waals surface area (Å²) < 4.78 is 0. The Balaban J connectivity index is 3.40. The molecule has 0 saturated heterocycles. The van der Waals surface area contributed by atoms with Crippen LogP contribution in [-0.2, 0) is 0 Å². The second-order valence-corrected chi connectivity index (χ2v) is 0.736. The Kier molecular flexibility index (Phi) is 1.88. The lowest BCUT2D eigenvalue weighted by Gasteiger charge is -1.66. The highest BCUT2D eigenvalue weighted by Crippen LogP contribution is 1.54. The molecule has 28 valence electrons. The fourth-order valence-corrected chi connectivity index (χ4v) is 0.0289. The normalized spacial score (nSPS) is 5.17. The molecule has 0 aliphatic rings. The van der Waals surface area contributed by atoms with E-state index in [-0.39, 0.29) is 0 Å². The third kappa shape index (κ3) is 1.34. The van der Waals surface area contributed by atoms with Crippen molar-refractivity contribution in [2.24, 2.45) is 5.64 Å². The molecule has 0 bridgehead atoms. The van der Waals surface area contributed by atoms with Crippen LogP contribution in [0.25, 0.3) is 0 Å². The molecule has 0 amide bonds. The highest BCUT2D eigenvalue weighted by Gasteiger charge is 2.00. The summed E-state index contributed by atoms with van der Waals surface area (Å²) in [6.07, 6.45) is 0. The molecule has 4 heteroatoms. The first-order valence-electron chi connectivity index (χ1n) is 1.36. The molecule has 2 N–H and O–H groups in total. The molecule has 0 aromatic carbocycles. The van der Waals surface area contributed by atoms with E-state index in [9.17, 15) is 0 Å². The lowest BCUT2D eigenvalue weighted by atomic mass is 9.69. The van der Waals surface area contributed by atoms with E-state index in [0.717, 1.165) is 0 Å². The van der Waals surface area contributed by atoms with Crippen molar-refractivity contribution in [2.75, 3.05) is 0 Å². The van der Waals surface area contributed by atoms with Crippen molar-refractivity contribution in [3.63, 3.8) is 0 Å². The van der Waals surface area contributed by atoms with Crippen LogP contribution in [0.2, 0.25) is 0 Å². The van der Waals surface area contributed by atoms with E-state index in [1.807, 2.05) is 0 Å². The molecule has 0 spiro atoms. The first-order chi connectivity index (χ1) is 2.81. The molecule has 3 nitrogen and oxygen atoms in total. The molecule has 0 rings (SSSR count). The average molecular weight is 78.9 g/mol. The molecular formula is C2H2BN3. The molecule has 6 heavy (non-hydrogen) atoms. The number of nitrogens with two attached hydrogens (primary N) is 1. The van der Waals surface area contributed by atoms with Gasteiger partial charge < -0.3 is 5.64 Å². The SMILES string of the molecule is N#CB(N)C#N. The monoisotopic (exact) mass is 79.0 g/mol. The van der Waals surface area contributed by atoms with Gasteiger partial charge in [0, 0.05) is 11.9 Å². The summed E-state index contributed by atoms with van der Waals surface area (Å²) in [7, 11) is 0. The zero-order valence-electron chi connectivity index (χ0n) is 3.05. The van der Waals surface area contributed by atoms with E-state index in [1.165, 1.54) is 11.9 Å². The van der Waals surface area contributed by atoms with Gasteiger partial charge in [-0.3, -0.25) is 0 Å². The summed E-state index contributed by atoms with van der Waals surface area (Å²) in [6, 6.07) is 0. The van der Waals surface area contributed by atoms with Crippen LogP contribution >= 0.6 is 0 Å². The fourth-order valence-electron chi connectivity index (χ4n) is 0.0289. The standard InChI is InChI=1S/C2H2BN3/c4-1-3(6)2-5/h6H2. The summed E-state index contributed by atoms with van der Waals surface area (Å²) >= 11 is 0. The molecule has 0 aromatic heterocycles. The van der Waals surface area contributed by atoms with E-state index < -0.39 is 6.85 Å². The van der Waals surface area contributed by atoms with Gasteiger partial charge in [-0.15, -0.1) is 0 Å². The summed E-state index contributed by atoms with van der Waals surface area (Å²) in [6.45, 7) is -0.954. The van der Waals surface area contributed by atoms with Crippen molar-refractivity contribution in [1.82, 2.24) is 0 Å². The molecule has 0 heterocycles. The molecule has 0 fully saturated rings. The molecular weight excluding hydrogens is 76.9 g/mol. The van der Waals surface area contributed by atoms with Gasteiger partial charge >= 0.3 is 6.85 Å². The van der Waals surface area contributed by atoms with Crippen molar-refractivity contribution in [3.8, 4) is 11.9 Å². The quantitative estimate of drug-likeness (QED) is 0.381. The van der Waals surface area contributed by atoms with Gasteiger partial charge in [0.2, 0.25) is 0 Å². The van der Waals surface area contributed by atoms with Crippen LogP contribution in [0.5, 0.6) is 0 Å². The minimum Gasteiger partial charge on any atom is -0.344 e. The first-order valence-corrected chi connectivity index (χ1v) is 1.36. The Morgan fingerprint density at radius 1 is 1.33 bits per heavy atom. The third-order valence-electron chi connectivity index (χ3n) is 0.278. The van der Waals surface area contributed by atoms with Gasteiger partial charge in [0.05, 0.1) is 0 Å². The van der Waals surface area contributed by atoms with E-state index in [4.69, 9.17) is 16.2 Å². The van der Waals surface area contributed by atoms with E-state index >= 15 is 0 Å². The minimum atomic E-state index is -0.954. The van der Waals surface area contributed by atoms with Gasteiger partial charge in [0.25, 0.3) is 0 Å². The van der Waals surface area contributed by atoms with Gasteiger partial charge in [-0.1, -0.05) is 0 Å². The van der Waals surface area contributed by atoms with Crippen molar-refractivity contribution in [2.45, 2.75) is 0 Å². The molecule has 0 aliphatic heterocycles. The van der Waals surface area contributed by atoms with Crippen LogP contribution in [-0.4, -0.2) is 6.85 Å². The summed E-state index contributed by atoms with van der Waals surface area (Å²) in [4.78, 5) is 0. The highest BCUT2D eigenvalue weighted by molar-refractivity contribution is 6.71. The Hall–Kier alpha value is -0.995. The summed E-state index contributed by atoms with van der Waals surface area (Å²) in [5, 5.41) is 15.5. The van der Waals surface area contributed by atoms with Crippen LogP contribution in [0.1, 0.15) is 0 Å². The van der Waals surface area contributed by atoms with E-state index in [0.29, 0.717) is 0 Å². The van der Waals surface area contributed by atoms with Crippen LogP contribution in [0.4, 0.5) is 0 Å². The predicted molar refractivity (Wildman–Crippen MR) is 21.2 cm³/mol. The van der Waals surface area contributed by atoms with Crippen molar-refractivity contribution in [3.05, 3.63) is 0 Å². The maximum absolute atomic E-state index is 7.74. The number of hydrogen-bond donors (Lipinski definition) is 1. The van der Waals surface area contributed by atoms with Crippen molar-refractivity contribution in [1.29, 1.82) is 10.5 Å². The summed E-state index contributed by atoms with van der Waals surface area (Å²) in [5.41, 5.74) is 4.75. The Morgan fingerprint density at radius 3 is 1.67 bits per heavy atom. The van der Waals surface area contributed by atoms with Crippen LogP contribution < -0.4 is 5.64 Å². The van der Waals surface area contributed by atoms with Gasteiger partial charge in [0.15, 0.2) is 0 Å². The van der Waals surface area contributed by atoms with E-state index in [1.54, 1.807) is 0 Å². The smallest absolute Gasteiger partial charge is 0.344 e. The topological polar surface area (TPSA) is 73.6 Å². The number of nitriles is 2. The number of rotatable bonds is 0. The number of nitrogens with zero attached hydrogens (tertiary/aromatic N) is 2. The largest absolute Gasteiger partial charge is 0.459 e. The molecule has 0 atom stereocenters. The van der Waals surface area contributed by atoms with Gasteiger partial charge in [-0.25, -0.2) is 10.5 Å².